The minimum atomic E-state index is -0.449. The first-order valence-corrected chi connectivity index (χ1v) is 8.26. The van der Waals surface area contributed by atoms with E-state index in [0.717, 1.165) is 0 Å². The molecule has 27 heavy (non-hydrogen) atoms. The maximum atomic E-state index is 11.7. The lowest BCUT2D eigenvalue weighted by molar-refractivity contribution is -0.385. The van der Waals surface area contributed by atoms with Gasteiger partial charge in [-0.15, -0.1) is 0 Å². The van der Waals surface area contributed by atoms with Crippen molar-refractivity contribution in [1.29, 1.82) is 0 Å². The second-order valence-electron chi connectivity index (χ2n) is 5.55. The van der Waals surface area contributed by atoms with Gasteiger partial charge in [0.2, 0.25) is 0 Å². The number of nitro groups is 1. The number of nitro benzene ring substituents is 1. The fourth-order valence-electron chi connectivity index (χ4n) is 2.51. The molecule has 0 aromatic heterocycles. The Morgan fingerprint density at radius 1 is 1.19 bits per heavy atom. The number of nitrogens with zero attached hydrogens (tertiary/aromatic N) is 1. The highest BCUT2D eigenvalue weighted by molar-refractivity contribution is 7.80. The summed E-state index contributed by atoms with van der Waals surface area (Å²) in [5.74, 6) is 0.553. The van der Waals surface area contributed by atoms with Gasteiger partial charge in [-0.25, -0.2) is 0 Å². The van der Waals surface area contributed by atoms with Gasteiger partial charge in [0, 0.05) is 6.07 Å². The Bertz CT molecular complexity index is 958. The molecular weight excluding hydrogens is 370 g/mol. The SMILES string of the molecule is COc1cc(/C=C2\NC(=S)NC2=O)ccc1OCc1ccccc1[N+](=O)[O-]. The Morgan fingerprint density at radius 2 is 1.96 bits per heavy atom. The van der Waals surface area contributed by atoms with E-state index in [4.69, 9.17) is 21.7 Å². The fraction of sp³-hybridized carbons (Fsp3) is 0.111. The zero-order valence-electron chi connectivity index (χ0n) is 14.2. The highest BCUT2D eigenvalue weighted by Crippen LogP contribution is 2.30. The molecule has 9 heteroatoms. The maximum Gasteiger partial charge on any atom is 0.276 e. The highest BCUT2D eigenvalue weighted by Gasteiger charge is 2.20. The molecule has 1 fully saturated rings. The third-order valence-corrected chi connectivity index (χ3v) is 3.99. The molecule has 0 bridgehead atoms. The van der Waals surface area contributed by atoms with Crippen molar-refractivity contribution in [3.8, 4) is 11.5 Å². The quantitative estimate of drug-likeness (QED) is 0.341. The number of carbonyl (C=O) groups is 1. The van der Waals surface area contributed by atoms with Gasteiger partial charge in [-0.3, -0.25) is 20.2 Å². The molecule has 1 saturated heterocycles. The van der Waals surface area contributed by atoms with Crippen molar-refractivity contribution in [2.24, 2.45) is 0 Å². The molecule has 1 amide bonds. The molecular formula is C18H15N3O5S. The van der Waals surface area contributed by atoms with Gasteiger partial charge in [-0.05, 0) is 42.1 Å². The van der Waals surface area contributed by atoms with E-state index in [2.05, 4.69) is 10.6 Å². The molecule has 0 unspecified atom stereocenters. The molecule has 0 aliphatic carbocycles. The largest absolute Gasteiger partial charge is 0.493 e. The number of rotatable bonds is 6. The molecule has 1 heterocycles. The van der Waals surface area contributed by atoms with Crippen molar-refractivity contribution in [2.45, 2.75) is 6.61 Å². The molecule has 0 spiro atoms. The van der Waals surface area contributed by atoms with Crippen LogP contribution in [0.3, 0.4) is 0 Å². The van der Waals surface area contributed by atoms with Crippen molar-refractivity contribution in [3.05, 3.63) is 69.4 Å². The van der Waals surface area contributed by atoms with Crippen LogP contribution in [0.15, 0.2) is 48.2 Å². The average Bonchev–Trinajstić information content (AvgIpc) is 2.97. The van der Waals surface area contributed by atoms with Crippen LogP contribution >= 0.6 is 12.2 Å². The van der Waals surface area contributed by atoms with Gasteiger partial charge >= 0.3 is 0 Å². The molecule has 2 aromatic carbocycles. The van der Waals surface area contributed by atoms with Crippen LogP contribution in [0.1, 0.15) is 11.1 Å². The molecule has 0 radical (unpaired) electrons. The number of hydrogen-bond donors (Lipinski definition) is 2. The standard InChI is InChI=1S/C18H15N3O5S/c1-25-16-9-11(8-13-17(22)20-18(27)19-13)6-7-15(16)26-10-12-4-2-3-5-14(12)21(23)24/h2-9H,10H2,1H3,(H2,19,20,22,27)/b13-8-. The van der Waals surface area contributed by atoms with Gasteiger partial charge in [0.25, 0.3) is 11.6 Å². The molecule has 8 nitrogen and oxygen atoms in total. The van der Waals surface area contributed by atoms with E-state index < -0.39 is 4.92 Å². The molecule has 2 aromatic rings. The number of benzene rings is 2. The number of para-hydroxylation sites is 1. The molecule has 138 valence electrons. The lowest BCUT2D eigenvalue weighted by Crippen LogP contribution is -2.21. The summed E-state index contributed by atoms with van der Waals surface area (Å²) >= 11 is 4.89. The predicted octanol–water partition coefficient (Wildman–Crippen LogP) is 2.53. The number of nitrogens with one attached hydrogen (secondary N) is 2. The highest BCUT2D eigenvalue weighted by atomic mass is 32.1. The Morgan fingerprint density at radius 3 is 2.63 bits per heavy atom. The van der Waals surface area contributed by atoms with Crippen molar-refractivity contribution >= 4 is 35.0 Å². The molecule has 3 rings (SSSR count). The van der Waals surface area contributed by atoms with E-state index >= 15 is 0 Å². The summed E-state index contributed by atoms with van der Waals surface area (Å²) < 4.78 is 11.0. The summed E-state index contributed by atoms with van der Waals surface area (Å²) in [6.45, 7) is 0.0200. The minimum Gasteiger partial charge on any atom is -0.493 e. The smallest absolute Gasteiger partial charge is 0.276 e. The summed E-state index contributed by atoms with van der Waals surface area (Å²) in [7, 11) is 1.49. The van der Waals surface area contributed by atoms with Crippen molar-refractivity contribution < 1.29 is 19.2 Å². The Balaban J connectivity index is 1.79. The van der Waals surface area contributed by atoms with Crippen molar-refractivity contribution in [2.75, 3.05) is 7.11 Å². The third-order valence-electron chi connectivity index (χ3n) is 3.79. The van der Waals surface area contributed by atoms with Gasteiger partial charge in [0.15, 0.2) is 16.6 Å². The summed E-state index contributed by atoms with van der Waals surface area (Å²) in [4.78, 5) is 22.4. The van der Waals surface area contributed by atoms with Crippen LogP contribution in [-0.4, -0.2) is 23.1 Å². The zero-order valence-corrected chi connectivity index (χ0v) is 15.0. The predicted molar refractivity (Wildman–Crippen MR) is 102 cm³/mol. The average molecular weight is 385 g/mol. The molecule has 0 atom stereocenters. The minimum absolute atomic E-state index is 0.00731. The van der Waals surface area contributed by atoms with Crippen LogP contribution in [0.5, 0.6) is 11.5 Å². The van der Waals surface area contributed by atoms with E-state index in [1.54, 1.807) is 42.5 Å². The van der Waals surface area contributed by atoms with Gasteiger partial charge in [-0.2, -0.15) is 0 Å². The van der Waals surface area contributed by atoms with E-state index in [0.29, 0.717) is 28.3 Å². The van der Waals surface area contributed by atoms with Gasteiger partial charge in [-0.1, -0.05) is 18.2 Å². The lowest BCUT2D eigenvalue weighted by Gasteiger charge is -2.11. The van der Waals surface area contributed by atoms with Crippen LogP contribution < -0.4 is 20.1 Å². The zero-order chi connectivity index (χ0) is 19.4. The van der Waals surface area contributed by atoms with Crippen LogP contribution in [0.2, 0.25) is 0 Å². The van der Waals surface area contributed by atoms with E-state index in [1.165, 1.54) is 13.2 Å². The summed E-state index contributed by atoms with van der Waals surface area (Å²) in [5.41, 5.74) is 1.48. The van der Waals surface area contributed by atoms with E-state index in [1.807, 2.05) is 0 Å². The second kappa shape index (κ2) is 7.83. The molecule has 2 N–H and O–H groups in total. The van der Waals surface area contributed by atoms with Crippen LogP contribution in [0.4, 0.5) is 5.69 Å². The van der Waals surface area contributed by atoms with E-state index in [9.17, 15) is 14.9 Å². The first-order valence-electron chi connectivity index (χ1n) is 7.85. The van der Waals surface area contributed by atoms with E-state index in [-0.39, 0.29) is 23.3 Å². The van der Waals surface area contributed by atoms with Crippen LogP contribution in [0, 0.1) is 10.1 Å². The first kappa shape index (κ1) is 18.3. The monoisotopic (exact) mass is 385 g/mol. The number of ether oxygens (including phenoxy) is 2. The summed E-state index contributed by atoms with van der Waals surface area (Å²) in [5, 5.41) is 16.6. The van der Waals surface area contributed by atoms with Gasteiger partial charge in [0.1, 0.15) is 12.3 Å². The summed E-state index contributed by atoms with van der Waals surface area (Å²) in [6.07, 6.45) is 1.63. The maximum absolute atomic E-state index is 11.7. The number of amides is 1. The number of methoxy groups -OCH3 is 1. The van der Waals surface area contributed by atoms with Crippen LogP contribution in [-0.2, 0) is 11.4 Å². The fourth-order valence-corrected chi connectivity index (χ4v) is 2.71. The number of carbonyl (C=O) groups excluding carboxylic acids is 1. The molecule has 1 aliphatic rings. The second-order valence-corrected chi connectivity index (χ2v) is 5.96. The topological polar surface area (TPSA) is 103 Å². The first-order chi connectivity index (χ1) is 13.0. The van der Waals surface area contributed by atoms with Crippen molar-refractivity contribution in [3.63, 3.8) is 0 Å². The number of thiocarbonyl (C=S) groups is 1. The molecule has 0 saturated carbocycles. The third kappa shape index (κ3) is 4.21. The Hall–Kier alpha value is -3.46. The molecule has 1 aliphatic heterocycles. The van der Waals surface area contributed by atoms with Crippen molar-refractivity contribution in [1.82, 2.24) is 10.6 Å². The Kier molecular flexibility index (Phi) is 5.32. The lowest BCUT2D eigenvalue weighted by atomic mass is 10.1. The normalized spacial score (nSPS) is 14.6. The van der Waals surface area contributed by atoms with Gasteiger partial charge in [0.05, 0.1) is 17.6 Å². The Labute approximate surface area is 159 Å². The summed E-state index contributed by atoms with van der Waals surface area (Å²) in [6, 6.07) is 11.5. The number of hydrogen-bond acceptors (Lipinski definition) is 6. The van der Waals surface area contributed by atoms with Crippen LogP contribution in [0.25, 0.3) is 6.08 Å². The van der Waals surface area contributed by atoms with Gasteiger partial charge < -0.3 is 14.8 Å².